The summed E-state index contributed by atoms with van der Waals surface area (Å²) in [5.41, 5.74) is 2.37. The van der Waals surface area contributed by atoms with Crippen LogP contribution >= 0.6 is 11.6 Å². The zero-order chi connectivity index (χ0) is 20.6. The lowest BCUT2D eigenvalue weighted by molar-refractivity contribution is -0.114. The number of amides is 2. The quantitative estimate of drug-likeness (QED) is 0.527. The van der Waals surface area contributed by atoms with Crippen molar-refractivity contribution in [3.63, 3.8) is 0 Å². The van der Waals surface area contributed by atoms with E-state index in [0.717, 1.165) is 6.42 Å². The fourth-order valence-corrected chi connectivity index (χ4v) is 2.80. The number of carbonyl (C=O) groups excluding carboxylic acids is 2. The molecule has 3 N–H and O–H groups in total. The monoisotopic (exact) mass is 412 g/mol. The number of hydrogen-bond acceptors (Lipinski definition) is 5. The van der Waals surface area contributed by atoms with E-state index in [4.69, 9.17) is 11.6 Å². The summed E-state index contributed by atoms with van der Waals surface area (Å²) in [5.74, 6) is -0.411. The number of hydrogen-bond donors (Lipinski definition) is 3. The largest absolute Gasteiger partial charge is 0.376 e. The van der Waals surface area contributed by atoms with Crippen LogP contribution in [-0.4, -0.2) is 39.7 Å². The van der Waals surface area contributed by atoms with E-state index in [1.165, 1.54) is 17.3 Å². The Labute approximate surface area is 173 Å². The van der Waals surface area contributed by atoms with Crippen molar-refractivity contribution in [1.82, 2.24) is 20.1 Å². The van der Waals surface area contributed by atoms with Crippen LogP contribution < -0.4 is 16.0 Å². The molecule has 8 nitrogen and oxygen atoms in total. The minimum atomic E-state index is -0.269. The zero-order valence-electron chi connectivity index (χ0n) is 15.9. The van der Waals surface area contributed by atoms with E-state index in [-0.39, 0.29) is 18.4 Å². The second-order valence-corrected chi connectivity index (χ2v) is 6.68. The lowest BCUT2D eigenvalue weighted by Gasteiger charge is -2.12. The van der Waals surface area contributed by atoms with Crippen molar-refractivity contribution in [3.05, 3.63) is 65.7 Å². The SMILES string of the molecule is CCCNC(=O)c1cccc(NCC(=O)Nc2cc(Cl)ccc2-n2cncn2)c1. The van der Waals surface area contributed by atoms with Gasteiger partial charge < -0.3 is 16.0 Å². The first-order chi connectivity index (χ1) is 14.1. The molecule has 0 unspecified atom stereocenters. The molecule has 1 aromatic heterocycles. The van der Waals surface area contributed by atoms with Crippen LogP contribution in [0.15, 0.2) is 55.1 Å². The van der Waals surface area contributed by atoms with Crippen LogP contribution in [0.4, 0.5) is 11.4 Å². The zero-order valence-corrected chi connectivity index (χ0v) is 16.6. The molecule has 0 saturated heterocycles. The number of aromatic nitrogens is 3. The van der Waals surface area contributed by atoms with E-state index < -0.39 is 0 Å². The summed E-state index contributed by atoms with van der Waals surface area (Å²) in [5, 5.41) is 13.2. The molecule has 3 aromatic rings. The molecule has 150 valence electrons. The maximum absolute atomic E-state index is 12.4. The molecule has 0 spiro atoms. The van der Waals surface area contributed by atoms with Crippen LogP contribution in [0.2, 0.25) is 5.02 Å². The lowest BCUT2D eigenvalue weighted by atomic mass is 10.2. The smallest absolute Gasteiger partial charge is 0.251 e. The molecule has 1 heterocycles. The van der Waals surface area contributed by atoms with Gasteiger partial charge in [0.25, 0.3) is 5.91 Å². The van der Waals surface area contributed by atoms with Crippen LogP contribution in [0.3, 0.4) is 0 Å². The van der Waals surface area contributed by atoms with E-state index in [0.29, 0.717) is 34.2 Å². The van der Waals surface area contributed by atoms with Gasteiger partial charge in [0.05, 0.1) is 17.9 Å². The fraction of sp³-hybridized carbons (Fsp3) is 0.200. The van der Waals surface area contributed by atoms with E-state index in [1.807, 2.05) is 6.92 Å². The molecule has 0 fully saturated rings. The molecule has 0 aliphatic heterocycles. The molecule has 0 saturated carbocycles. The van der Waals surface area contributed by atoms with Gasteiger partial charge in [0.2, 0.25) is 5.91 Å². The molecule has 3 rings (SSSR count). The van der Waals surface area contributed by atoms with E-state index in [9.17, 15) is 9.59 Å². The molecule has 2 amide bonds. The van der Waals surface area contributed by atoms with Gasteiger partial charge in [-0.1, -0.05) is 24.6 Å². The Balaban J connectivity index is 1.64. The number of nitrogens with one attached hydrogen (secondary N) is 3. The van der Waals surface area contributed by atoms with Crippen molar-refractivity contribution in [1.29, 1.82) is 0 Å². The van der Waals surface area contributed by atoms with Gasteiger partial charge >= 0.3 is 0 Å². The van der Waals surface area contributed by atoms with Gasteiger partial charge in [-0.05, 0) is 42.8 Å². The first-order valence-electron chi connectivity index (χ1n) is 9.13. The highest BCUT2D eigenvalue weighted by Crippen LogP contribution is 2.24. The van der Waals surface area contributed by atoms with Crippen molar-refractivity contribution in [2.24, 2.45) is 0 Å². The Morgan fingerprint density at radius 1 is 1.17 bits per heavy atom. The Hall–Kier alpha value is -3.39. The third kappa shape index (κ3) is 5.55. The molecule has 0 aliphatic carbocycles. The third-order valence-corrected chi connectivity index (χ3v) is 4.25. The third-order valence-electron chi connectivity index (χ3n) is 4.01. The van der Waals surface area contributed by atoms with Gasteiger partial charge in [0, 0.05) is 22.8 Å². The minimum Gasteiger partial charge on any atom is -0.376 e. The predicted octanol–water partition coefficient (Wildman–Crippen LogP) is 3.11. The van der Waals surface area contributed by atoms with Crippen LogP contribution in [0.1, 0.15) is 23.7 Å². The Bertz CT molecular complexity index is 990. The van der Waals surface area contributed by atoms with Crippen molar-refractivity contribution in [2.75, 3.05) is 23.7 Å². The maximum Gasteiger partial charge on any atom is 0.251 e. The second kappa shape index (κ2) is 9.70. The highest BCUT2D eigenvalue weighted by molar-refractivity contribution is 6.31. The van der Waals surface area contributed by atoms with Gasteiger partial charge in [-0.25, -0.2) is 9.67 Å². The van der Waals surface area contributed by atoms with E-state index >= 15 is 0 Å². The first kappa shape index (κ1) is 20.3. The van der Waals surface area contributed by atoms with E-state index in [2.05, 4.69) is 26.0 Å². The number of carbonyl (C=O) groups is 2. The molecular formula is C20H21ClN6O2. The van der Waals surface area contributed by atoms with Crippen molar-refractivity contribution in [3.8, 4) is 5.69 Å². The summed E-state index contributed by atoms with van der Waals surface area (Å²) in [6.45, 7) is 2.63. The Morgan fingerprint density at radius 2 is 2.03 bits per heavy atom. The molecule has 2 aromatic carbocycles. The molecule has 0 bridgehead atoms. The Kier molecular flexibility index (Phi) is 6.80. The second-order valence-electron chi connectivity index (χ2n) is 6.24. The molecular weight excluding hydrogens is 392 g/mol. The molecule has 9 heteroatoms. The van der Waals surface area contributed by atoms with E-state index in [1.54, 1.807) is 42.5 Å². The highest BCUT2D eigenvalue weighted by atomic mass is 35.5. The van der Waals surface area contributed by atoms with Gasteiger partial charge in [0.15, 0.2) is 0 Å². The summed E-state index contributed by atoms with van der Waals surface area (Å²) in [7, 11) is 0. The number of rotatable bonds is 8. The topological polar surface area (TPSA) is 101 Å². The molecule has 29 heavy (non-hydrogen) atoms. The van der Waals surface area contributed by atoms with Crippen LogP contribution in [-0.2, 0) is 4.79 Å². The van der Waals surface area contributed by atoms with Crippen molar-refractivity contribution >= 4 is 34.8 Å². The normalized spacial score (nSPS) is 10.4. The fourth-order valence-electron chi connectivity index (χ4n) is 2.63. The number of benzene rings is 2. The van der Waals surface area contributed by atoms with Crippen LogP contribution in [0.25, 0.3) is 5.69 Å². The summed E-state index contributed by atoms with van der Waals surface area (Å²) in [6, 6.07) is 12.1. The minimum absolute atomic E-state index is 0.0172. The standard InChI is InChI=1S/C20H21ClN6O2/c1-2-8-23-20(29)14-4-3-5-16(9-14)24-11-19(28)26-17-10-15(21)6-7-18(17)27-13-22-12-25-27/h3-7,9-10,12-13,24H,2,8,11H2,1H3,(H,23,29)(H,26,28). The van der Waals surface area contributed by atoms with Crippen molar-refractivity contribution in [2.45, 2.75) is 13.3 Å². The van der Waals surface area contributed by atoms with Crippen molar-refractivity contribution < 1.29 is 9.59 Å². The number of halogens is 1. The first-order valence-corrected chi connectivity index (χ1v) is 9.51. The summed E-state index contributed by atoms with van der Waals surface area (Å²) in [6.07, 6.45) is 3.81. The van der Waals surface area contributed by atoms with Crippen LogP contribution in [0.5, 0.6) is 0 Å². The summed E-state index contributed by atoms with van der Waals surface area (Å²) < 4.78 is 1.54. The van der Waals surface area contributed by atoms with Gasteiger partial charge in [-0.15, -0.1) is 0 Å². The van der Waals surface area contributed by atoms with Gasteiger partial charge in [0.1, 0.15) is 12.7 Å². The van der Waals surface area contributed by atoms with Gasteiger partial charge in [-0.3, -0.25) is 9.59 Å². The lowest BCUT2D eigenvalue weighted by Crippen LogP contribution is -2.24. The predicted molar refractivity (Wildman–Crippen MR) is 113 cm³/mol. The van der Waals surface area contributed by atoms with Crippen LogP contribution in [0, 0.1) is 0 Å². The summed E-state index contributed by atoms with van der Waals surface area (Å²) >= 11 is 6.07. The molecule has 0 aliphatic rings. The highest BCUT2D eigenvalue weighted by Gasteiger charge is 2.11. The Morgan fingerprint density at radius 3 is 2.79 bits per heavy atom. The van der Waals surface area contributed by atoms with Gasteiger partial charge in [-0.2, -0.15) is 5.10 Å². The number of nitrogens with zero attached hydrogens (tertiary/aromatic N) is 3. The average molecular weight is 413 g/mol. The summed E-state index contributed by atoms with van der Waals surface area (Å²) in [4.78, 5) is 28.4. The molecule has 0 atom stereocenters. The molecule has 0 radical (unpaired) electrons. The average Bonchev–Trinajstić information content (AvgIpc) is 3.25. The maximum atomic E-state index is 12.4. The number of anilines is 2.